The number of rotatable bonds is 2. The lowest BCUT2D eigenvalue weighted by molar-refractivity contribution is 0.0895. The summed E-state index contributed by atoms with van der Waals surface area (Å²) < 4.78 is 5.24. The molecule has 26 heavy (non-hydrogen) atoms. The minimum absolute atomic E-state index is 0.0199. The monoisotopic (exact) mass is 350 g/mol. The highest BCUT2D eigenvalue weighted by molar-refractivity contribution is 6.31. The summed E-state index contributed by atoms with van der Waals surface area (Å²) in [4.78, 5) is 38.7. The molecule has 0 spiro atoms. The molecule has 0 saturated carbocycles. The molecule has 0 bridgehead atoms. The Bertz CT molecular complexity index is 986. The summed E-state index contributed by atoms with van der Waals surface area (Å²) in [6, 6.07) is 6.32. The standard InChI is InChI=1S/C21H18O5/c1-3-10-7-8-11-13(18(10)22)9-14-17(20(11)24)21(25)16-12(19(14)23)5-4-6-15(16)26-2/h4-6,9-10,24H,3,7-8H2,1-2H3. The predicted molar refractivity (Wildman–Crippen MR) is 94.4 cm³/mol. The van der Waals surface area contributed by atoms with Gasteiger partial charge in [0.1, 0.15) is 11.5 Å². The van der Waals surface area contributed by atoms with Crippen LogP contribution >= 0.6 is 0 Å². The number of aromatic hydroxyl groups is 1. The van der Waals surface area contributed by atoms with Crippen molar-refractivity contribution in [1.82, 2.24) is 0 Å². The summed E-state index contributed by atoms with van der Waals surface area (Å²) in [5.41, 5.74) is 1.31. The van der Waals surface area contributed by atoms with Gasteiger partial charge in [-0.25, -0.2) is 0 Å². The van der Waals surface area contributed by atoms with Crippen molar-refractivity contribution in [1.29, 1.82) is 0 Å². The van der Waals surface area contributed by atoms with Crippen LogP contribution in [-0.4, -0.2) is 29.6 Å². The summed E-state index contributed by atoms with van der Waals surface area (Å²) in [6.45, 7) is 1.95. The van der Waals surface area contributed by atoms with Crippen molar-refractivity contribution < 1.29 is 24.2 Å². The number of carbonyl (C=O) groups excluding carboxylic acids is 3. The number of benzene rings is 2. The lowest BCUT2D eigenvalue weighted by Gasteiger charge is -2.27. The molecular formula is C21H18O5. The second-order valence-corrected chi connectivity index (χ2v) is 6.72. The molecule has 2 aromatic carbocycles. The normalized spacial score (nSPS) is 18.2. The van der Waals surface area contributed by atoms with E-state index < -0.39 is 5.78 Å². The quantitative estimate of drug-likeness (QED) is 0.767. The number of Topliss-reactive ketones (excluding diaryl/α,β-unsaturated/α-hetero) is 1. The van der Waals surface area contributed by atoms with E-state index in [9.17, 15) is 19.5 Å². The van der Waals surface area contributed by atoms with Gasteiger partial charge in [-0.3, -0.25) is 14.4 Å². The molecule has 132 valence electrons. The summed E-state index contributed by atoms with van der Waals surface area (Å²) >= 11 is 0. The van der Waals surface area contributed by atoms with Crippen LogP contribution in [0.15, 0.2) is 24.3 Å². The van der Waals surface area contributed by atoms with Crippen LogP contribution in [0.1, 0.15) is 67.5 Å². The second kappa shape index (κ2) is 5.80. The summed E-state index contributed by atoms with van der Waals surface area (Å²) in [5.74, 6) is -0.943. The highest BCUT2D eigenvalue weighted by atomic mass is 16.5. The Hall–Kier alpha value is -2.95. The molecular weight excluding hydrogens is 332 g/mol. The van der Waals surface area contributed by atoms with Crippen molar-refractivity contribution in [3.63, 3.8) is 0 Å². The van der Waals surface area contributed by atoms with Gasteiger partial charge in [-0.1, -0.05) is 19.1 Å². The van der Waals surface area contributed by atoms with Gasteiger partial charge in [0.05, 0.1) is 18.2 Å². The van der Waals surface area contributed by atoms with E-state index in [2.05, 4.69) is 0 Å². The zero-order chi connectivity index (χ0) is 18.6. The maximum absolute atomic E-state index is 13.1. The van der Waals surface area contributed by atoms with Crippen LogP contribution in [0.5, 0.6) is 11.5 Å². The van der Waals surface area contributed by atoms with Crippen molar-refractivity contribution in [2.75, 3.05) is 7.11 Å². The van der Waals surface area contributed by atoms with Crippen LogP contribution in [0.3, 0.4) is 0 Å². The molecule has 1 atom stereocenters. The largest absolute Gasteiger partial charge is 0.507 e. The molecule has 5 heteroatoms. The van der Waals surface area contributed by atoms with E-state index in [-0.39, 0.29) is 45.5 Å². The first-order valence-electron chi connectivity index (χ1n) is 8.69. The molecule has 2 aliphatic rings. The van der Waals surface area contributed by atoms with Gasteiger partial charge in [-0.15, -0.1) is 0 Å². The number of fused-ring (bicyclic) bond motifs is 3. The van der Waals surface area contributed by atoms with Crippen molar-refractivity contribution in [2.24, 2.45) is 5.92 Å². The topological polar surface area (TPSA) is 80.7 Å². The SMILES string of the molecule is CCC1CCc2c(cc3c(c2O)C(=O)c2c(OC)cccc2C3=O)C1=O. The van der Waals surface area contributed by atoms with E-state index in [4.69, 9.17) is 4.74 Å². The van der Waals surface area contributed by atoms with Crippen LogP contribution < -0.4 is 4.74 Å². The molecule has 0 heterocycles. The summed E-state index contributed by atoms with van der Waals surface area (Å²) in [7, 11) is 1.43. The third-order valence-corrected chi connectivity index (χ3v) is 5.47. The van der Waals surface area contributed by atoms with Crippen LogP contribution in [0.2, 0.25) is 0 Å². The van der Waals surface area contributed by atoms with Crippen LogP contribution in [0.4, 0.5) is 0 Å². The molecule has 0 aromatic heterocycles. The molecule has 0 fully saturated rings. The maximum Gasteiger partial charge on any atom is 0.201 e. The zero-order valence-electron chi connectivity index (χ0n) is 14.6. The van der Waals surface area contributed by atoms with Crippen molar-refractivity contribution in [3.8, 4) is 11.5 Å². The number of ether oxygens (including phenoxy) is 1. The Morgan fingerprint density at radius 3 is 2.54 bits per heavy atom. The molecule has 5 nitrogen and oxygen atoms in total. The van der Waals surface area contributed by atoms with Crippen LogP contribution in [-0.2, 0) is 6.42 Å². The molecule has 1 N–H and O–H groups in total. The van der Waals surface area contributed by atoms with Gasteiger partial charge in [0.25, 0.3) is 0 Å². The Balaban J connectivity index is 1.99. The number of hydrogen-bond acceptors (Lipinski definition) is 5. The molecule has 2 aliphatic carbocycles. The first-order chi connectivity index (χ1) is 12.5. The van der Waals surface area contributed by atoms with Crippen molar-refractivity contribution in [3.05, 3.63) is 57.6 Å². The first-order valence-corrected chi connectivity index (χ1v) is 8.69. The van der Waals surface area contributed by atoms with E-state index in [0.717, 1.165) is 0 Å². The molecule has 4 rings (SSSR count). The number of hydrogen-bond donors (Lipinski definition) is 1. The molecule has 2 aromatic rings. The van der Waals surface area contributed by atoms with E-state index in [1.807, 2.05) is 6.92 Å². The average molecular weight is 350 g/mol. The summed E-state index contributed by atoms with van der Waals surface area (Å²) in [5, 5.41) is 10.8. The van der Waals surface area contributed by atoms with Crippen molar-refractivity contribution >= 4 is 17.3 Å². The second-order valence-electron chi connectivity index (χ2n) is 6.72. The number of carbonyl (C=O) groups is 3. The third-order valence-electron chi connectivity index (χ3n) is 5.47. The molecule has 0 radical (unpaired) electrons. The molecule has 1 unspecified atom stereocenters. The minimum Gasteiger partial charge on any atom is -0.507 e. The highest BCUT2D eigenvalue weighted by Crippen LogP contribution is 2.42. The fourth-order valence-corrected chi connectivity index (χ4v) is 4.05. The van der Waals surface area contributed by atoms with Gasteiger partial charge in [-0.05, 0) is 31.4 Å². The smallest absolute Gasteiger partial charge is 0.201 e. The maximum atomic E-state index is 13.1. The Morgan fingerprint density at radius 1 is 1.08 bits per heavy atom. The van der Waals surface area contributed by atoms with E-state index in [0.29, 0.717) is 36.1 Å². The van der Waals surface area contributed by atoms with Crippen molar-refractivity contribution in [2.45, 2.75) is 26.2 Å². The van der Waals surface area contributed by atoms with Gasteiger partial charge in [-0.2, -0.15) is 0 Å². The fraction of sp³-hybridized carbons (Fsp3) is 0.286. The minimum atomic E-state index is -0.447. The number of phenolic OH excluding ortho intramolecular Hbond substituents is 1. The van der Waals surface area contributed by atoms with E-state index in [1.54, 1.807) is 18.2 Å². The first kappa shape index (κ1) is 16.5. The lowest BCUT2D eigenvalue weighted by Crippen LogP contribution is -2.27. The van der Waals surface area contributed by atoms with Crippen LogP contribution in [0, 0.1) is 5.92 Å². The predicted octanol–water partition coefficient (Wildman–Crippen LogP) is 3.33. The zero-order valence-corrected chi connectivity index (χ0v) is 14.6. The Morgan fingerprint density at radius 2 is 1.85 bits per heavy atom. The number of methoxy groups -OCH3 is 1. The van der Waals surface area contributed by atoms with Gasteiger partial charge in [0.2, 0.25) is 5.78 Å². The molecule has 0 amide bonds. The van der Waals surface area contributed by atoms with Gasteiger partial charge < -0.3 is 9.84 Å². The van der Waals surface area contributed by atoms with Gasteiger partial charge in [0.15, 0.2) is 11.6 Å². The number of ketones is 3. The van der Waals surface area contributed by atoms with E-state index >= 15 is 0 Å². The van der Waals surface area contributed by atoms with Gasteiger partial charge >= 0.3 is 0 Å². The Kier molecular flexibility index (Phi) is 3.68. The number of phenols is 1. The third kappa shape index (κ3) is 2.06. The van der Waals surface area contributed by atoms with Gasteiger partial charge in [0, 0.05) is 28.2 Å². The average Bonchev–Trinajstić information content (AvgIpc) is 2.66. The Labute approximate surface area is 150 Å². The summed E-state index contributed by atoms with van der Waals surface area (Å²) in [6.07, 6.45) is 1.86. The molecule has 0 saturated heterocycles. The fourth-order valence-electron chi connectivity index (χ4n) is 4.05. The van der Waals surface area contributed by atoms with Crippen LogP contribution in [0.25, 0.3) is 0 Å². The van der Waals surface area contributed by atoms with E-state index in [1.165, 1.54) is 13.2 Å². The molecule has 0 aliphatic heterocycles. The lowest BCUT2D eigenvalue weighted by atomic mass is 9.75. The highest BCUT2D eigenvalue weighted by Gasteiger charge is 2.38.